The summed E-state index contributed by atoms with van der Waals surface area (Å²) >= 11 is 6.06. The van der Waals surface area contributed by atoms with E-state index in [9.17, 15) is 5.11 Å². The summed E-state index contributed by atoms with van der Waals surface area (Å²) in [5.41, 5.74) is 2.00. The van der Waals surface area contributed by atoms with Gasteiger partial charge in [-0.25, -0.2) is 9.97 Å². The number of aromatic hydroxyl groups is 1. The van der Waals surface area contributed by atoms with Gasteiger partial charge >= 0.3 is 0 Å². The quantitative estimate of drug-likeness (QED) is 0.775. The molecule has 1 saturated heterocycles. The van der Waals surface area contributed by atoms with Crippen molar-refractivity contribution in [1.29, 1.82) is 0 Å². The first kappa shape index (κ1) is 15.0. The van der Waals surface area contributed by atoms with E-state index in [1.165, 1.54) is 0 Å². The second-order valence-electron chi connectivity index (χ2n) is 5.85. The third-order valence-corrected chi connectivity index (χ3v) is 4.61. The lowest BCUT2D eigenvalue weighted by molar-refractivity contribution is 0.475. The monoisotopic (exact) mass is 340 g/mol. The summed E-state index contributed by atoms with van der Waals surface area (Å²) < 4.78 is 0. The molecule has 3 aromatic rings. The predicted molar refractivity (Wildman–Crippen MR) is 97.1 cm³/mol. The van der Waals surface area contributed by atoms with Crippen LogP contribution in [-0.4, -0.2) is 41.3 Å². The molecular weight excluding hydrogens is 324 g/mol. The summed E-state index contributed by atoms with van der Waals surface area (Å²) in [7, 11) is 0. The molecule has 0 saturated carbocycles. The molecule has 1 aromatic heterocycles. The minimum Gasteiger partial charge on any atom is -0.508 e. The van der Waals surface area contributed by atoms with Gasteiger partial charge in [0.25, 0.3) is 0 Å². The van der Waals surface area contributed by atoms with Crippen molar-refractivity contribution in [2.75, 3.05) is 36.0 Å². The summed E-state index contributed by atoms with van der Waals surface area (Å²) in [5.74, 6) is 1.26. The van der Waals surface area contributed by atoms with E-state index in [2.05, 4.69) is 19.8 Å². The number of phenols is 1. The lowest BCUT2D eigenvalue weighted by Gasteiger charge is -2.37. The van der Waals surface area contributed by atoms with Gasteiger partial charge < -0.3 is 14.9 Å². The van der Waals surface area contributed by atoms with Gasteiger partial charge in [0.2, 0.25) is 0 Å². The van der Waals surface area contributed by atoms with Crippen molar-refractivity contribution in [3.05, 3.63) is 53.8 Å². The molecule has 2 aromatic carbocycles. The number of aromatic nitrogens is 2. The second kappa shape index (κ2) is 6.17. The Balaban J connectivity index is 1.55. The first-order valence-corrected chi connectivity index (χ1v) is 8.28. The number of fused-ring (bicyclic) bond motifs is 1. The zero-order valence-corrected chi connectivity index (χ0v) is 13.8. The van der Waals surface area contributed by atoms with Crippen molar-refractivity contribution in [1.82, 2.24) is 9.97 Å². The first-order valence-electron chi connectivity index (χ1n) is 7.90. The van der Waals surface area contributed by atoms with Crippen LogP contribution >= 0.6 is 11.6 Å². The molecule has 0 unspecified atom stereocenters. The molecule has 0 bridgehead atoms. The van der Waals surface area contributed by atoms with Crippen LogP contribution in [0.3, 0.4) is 0 Å². The summed E-state index contributed by atoms with van der Waals surface area (Å²) in [4.78, 5) is 13.4. The molecule has 122 valence electrons. The van der Waals surface area contributed by atoms with Crippen LogP contribution in [0.2, 0.25) is 5.02 Å². The SMILES string of the molecule is Oc1ccc(N2CCN(c3ncnc4cc(Cl)ccc34)CC2)cc1. The van der Waals surface area contributed by atoms with Crippen LogP contribution in [0, 0.1) is 0 Å². The van der Waals surface area contributed by atoms with Crippen molar-refractivity contribution in [2.24, 2.45) is 0 Å². The molecule has 6 heteroatoms. The van der Waals surface area contributed by atoms with E-state index >= 15 is 0 Å². The molecule has 0 spiro atoms. The van der Waals surface area contributed by atoms with E-state index in [0.717, 1.165) is 48.6 Å². The normalized spacial score (nSPS) is 15.0. The van der Waals surface area contributed by atoms with Gasteiger partial charge in [0.15, 0.2) is 0 Å². The standard InChI is InChI=1S/C18H17ClN4O/c19-13-1-6-16-17(11-13)20-12-21-18(16)23-9-7-22(8-10-23)14-2-4-15(24)5-3-14/h1-6,11-12,24H,7-10H2. The van der Waals surface area contributed by atoms with Crippen molar-refractivity contribution in [2.45, 2.75) is 0 Å². The molecule has 1 aliphatic heterocycles. The lowest BCUT2D eigenvalue weighted by atomic mass is 10.2. The summed E-state index contributed by atoms with van der Waals surface area (Å²) in [5, 5.41) is 11.1. The second-order valence-corrected chi connectivity index (χ2v) is 6.29. The predicted octanol–water partition coefficient (Wildman–Crippen LogP) is 3.32. The molecule has 4 rings (SSSR count). The van der Waals surface area contributed by atoms with Crippen LogP contribution in [0.5, 0.6) is 5.75 Å². The average molecular weight is 341 g/mol. The van der Waals surface area contributed by atoms with Crippen LogP contribution in [0.4, 0.5) is 11.5 Å². The van der Waals surface area contributed by atoms with E-state index in [1.807, 2.05) is 30.3 Å². The highest BCUT2D eigenvalue weighted by Gasteiger charge is 2.20. The Bertz CT molecular complexity index is 861. The highest BCUT2D eigenvalue weighted by Crippen LogP contribution is 2.27. The van der Waals surface area contributed by atoms with Gasteiger partial charge in [-0.3, -0.25) is 0 Å². The maximum absolute atomic E-state index is 9.42. The Morgan fingerprint density at radius 3 is 2.33 bits per heavy atom. The molecule has 0 radical (unpaired) electrons. The summed E-state index contributed by atoms with van der Waals surface area (Å²) in [6, 6.07) is 13.1. The third kappa shape index (κ3) is 2.83. The minimum atomic E-state index is 0.295. The Morgan fingerprint density at radius 1 is 0.875 bits per heavy atom. The van der Waals surface area contributed by atoms with E-state index in [0.29, 0.717) is 10.8 Å². The molecule has 1 aliphatic rings. The Hall–Kier alpha value is -2.53. The van der Waals surface area contributed by atoms with Crippen molar-refractivity contribution in [3.8, 4) is 5.75 Å². The number of nitrogens with zero attached hydrogens (tertiary/aromatic N) is 4. The highest BCUT2D eigenvalue weighted by atomic mass is 35.5. The topological polar surface area (TPSA) is 52.5 Å². The van der Waals surface area contributed by atoms with Crippen molar-refractivity contribution >= 4 is 34.0 Å². The van der Waals surface area contributed by atoms with Gasteiger partial charge in [0.1, 0.15) is 17.9 Å². The average Bonchev–Trinajstić information content (AvgIpc) is 2.62. The lowest BCUT2D eigenvalue weighted by Crippen LogP contribution is -2.46. The van der Waals surface area contributed by atoms with Gasteiger partial charge in [-0.2, -0.15) is 0 Å². The van der Waals surface area contributed by atoms with E-state index in [4.69, 9.17) is 11.6 Å². The molecule has 0 amide bonds. The van der Waals surface area contributed by atoms with Crippen molar-refractivity contribution in [3.63, 3.8) is 0 Å². The molecule has 2 heterocycles. The summed E-state index contributed by atoms with van der Waals surface area (Å²) in [6.07, 6.45) is 1.60. The Labute approximate surface area is 145 Å². The van der Waals surface area contributed by atoms with Crippen LogP contribution in [0.15, 0.2) is 48.8 Å². The minimum absolute atomic E-state index is 0.295. The number of hydrogen-bond donors (Lipinski definition) is 1. The largest absolute Gasteiger partial charge is 0.508 e. The zero-order chi connectivity index (χ0) is 16.5. The molecule has 1 N–H and O–H groups in total. The van der Waals surface area contributed by atoms with Crippen LogP contribution in [-0.2, 0) is 0 Å². The van der Waals surface area contributed by atoms with Gasteiger partial charge in [0.05, 0.1) is 5.52 Å². The molecule has 0 atom stereocenters. The maximum Gasteiger partial charge on any atom is 0.140 e. The Kier molecular flexibility index (Phi) is 3.86. The fraction of sp³-hybridized carbons (Fsp3) is 0.222. The van der Waals surface area contributed by atoms with E-state index in [-0.39, 0.29) is 0 Å². The van der Waals surface area contributed by atoms with Gasteiger partial charge in [-0.15, -0.1) is 0 Å². The van der Waals surface area contributed by atoms with Gasteiger partial charge in [0, 0.05) is 42.3 Å². The molecule has 1 fully saturated rings. The molecular formula is C18H17ClN4O. The summed E-state index contributed by atoms with van der Waals surface area (Å²) in [6.45, 7) is 3.58. The number of piperazine rings is 1. The fourth-order valence-electron chi connectivity index (χ4n) is 3.11. The van der Waals surface area contributed by atoms with Gasteiger partial charge in [-0.05, 0) is 42.5 Å². The van der Waals surface area contributed by atoms with Crippen LogP contribution in [0.25, 0.3) is 10.9 Å². The molecule has 24 heavy (non-hydrogen) atoms. The highest BCUT2D eigenvalue weighted by molar-refractivity contribution is 6.31. The maximum atomic E-state index is 9.42. The Morgan fingerprint density at radius 2 is 1.58 bits per heavy atom. The number of rotatable bonds is 2. The smallest absolute Gasteiger partial charge is 0.140 e. The third-order valence-electron chi connectivity index (χ3n) is 4.37. The zero-order valence-electron chi connectivity index (χ0n) is 13.1. The number of halogens is 1. The number of benzene rings is 2. The number of anilines is 2. The molecule has 0 aliphatic carbocycles. The van der Waals surface area contributed by atoms with Crippen molar-refractivity contribution < 1.29 is 5.11 Å². The van der Waals surface area contributed by atoms with Crippen LogP contribution in [0.1, 0.15) is 0 Å². The first-order chi connectivity index (χ1) is 11.7. The van der Waals surface area contributed by atoms with E-state index in [1.54, 1.807) is 18.5 Å². The number of phenolic OH excluding ortho intramolecular Hbond substituents is 1. The molecule has 5 nitrogen and oxygen atoms in total. The van der Waals surface area contributed by atoms with Gasteiger partial charge in [-0.1, -0.05) is 11.6 Å². The van der Waals surface area contributed by atoms with E-state index < -0.39 is 0 Å². The fourth-order valence-corrected chi connectivity index (χ4v) is 3.27. The number of hydrogen-bond acceptors (Lipinski definition) is 5. The van der Waals surface area contributed by atoms with Crippen LogP contribution < -0.4 is 9.80 Å².